The van der Waals surface area contributed by atoms with Crippen LogP contribution in [0.1, 0.15) is 24.4 Å². The summed E-state index contributed by atoms with van der Waals surface area (Å²) < 4.78 is 6.79. The molecule has 0 bridgehead atoms. The van der Waals surface area contributed by atoms with E-state index in [4.69, 9.17) is 4.74 Å². The van der Waals surface area contributed by atoms with Crippen LogP contribution < -0.4 is 5.32 Å². The van der Waals surface area contributed by atoms with Crippen LogP contribution in [0.3, 0.4) is 0 Å². The van der Waals surface area contributed by atoms with Gasteiger partial charge in [0.2, 0.25) is 0 Å². The minimum atomic E-state index is 0.360. The fourth-order valence-electron chi connectivity index (χ4n) is 1.79. The lowest BCUT2D eigenvalue weighted by molar-refractivity contribution is 0.178. The van der Waals surface area contributed by atoms with Gasteiger partial charge in [-0.3, -0.25) is 0 Å². The fourth-order valence-corrected chi connectivity index (χ4v) is 1.79. The van der Waals surface area contributed by atoms with Gasteiger partial charge >= 0.3 is 0 Å². The summed E-state index contributed by atoms with van der Waals surface area (Å²) in [4.78, 5) is 13.1. The van der Waals surface area contributed by atoms with Crippen molar-refractivity contribution in [3.05, 3.63) is 23.5 Å². The zero-order valence-electron chi connectivity index (χ0n) is 11.6. The Bertz CT molecular complexity index is 541. The number of anilines is 1. The molecule has 0 spiro atoms. The van der Waals surface area contributed by atoms with E-state index in [1.54, 1.807) is 11.8 Å². The van der Waals surface area contributed by atoms with Gasteiger partial charge in [0, 0.05) is 19.7 Å². The van der Waals surface area contributed by atoms with Crippen molar-refractivity contribution in [2.24, 2.45) is 0 Å². The van der Waals surface area contributed by atoms with Gasteiger partial charge in [-0.1, -0.05) is 0 Å². The minimum Gasteiger partial charge on any atom is -0.377 e. The fraction of sp³-hybridized carbons (Fsp3) is 0.500. The molecule has 0 aromatic carbocycles. The molecule has 2 aromatic heterocycles. The van der Waals surface area contributed by atoms with Crippen molar-refractivity contribution < 1.29 is 4.74 Å². The van der Waals surface area contributed by atoms with Gasteiger partial charge in [-0.15, -0.1) is 5.10 Å². The molecule has 0 aliphatic carbocycles. The van der Waals surface area contributed by atoms with Crippen LogP contribution in [0.25, 0.3) is 5.82 Å². The lowest BCUT2D eigenvalue weighted by atomic mass is 10.4. The smallest absolute Gasteiger partial charge is 0.161 e. The van der Waals surface area contributed by atoms with Crippen molar-refractivity contribution >= 4 is 5.82 Å². The van der Waals surface area contributed by atoms with E-state index in [1.807, 2.05) is 26.8 Å². The van der Waals surface area contributed by atoms with Crippen molar-refractivity contribution in [1.29, 1.82) is 0 Å². The van der Waals surface area contributed by atoms with E-state index in [9.17, 15) is 0 Å². The van der Waals surface area contributed by atoms with Gasteiger partial charge in [0.15, 0.2) is 11.6 Å². The van der Waals surface area contributed by atoms with E-state index in [-0.39, 0.29) is 0 Å². The number of aryl methyl sites for hydroxylation is 2. The molecule has 0 saturated heterocycles. The molecular weight excluding hydrogens is 244 g/mol. The molecule has 2 heterocycles. The summed E-state index contributed by atoms with van der Waals surface area (Å²) in [6.07, 6.45) is 0. The Morgan fingerprint density at radius 3 is 2.63 bits per heavy atom. The van der Waals surface area contributed by atoms with Gasteiger partial charge < -0.3 is 10.1 Å². The van der Waals surface area contributed by atoms with Gasteiger partial charge in [0.1, 0.15) is 24.1 Å². The van der Waals surface area contributed by atoms with E-state index >= 15 is 0 Å². The lowest BCUT2D eigenvalue weighted by Gasteiger charge is -2.09. The van der Waals surface area contributed by atoms with Gasteiger partial charge in [0.25, 0.3) is 0 Å². The highest BCUT2D eigenvalue weighted by Crippen LogP contribution is 2.12. The van der Waals surface area contributed by atoms with Crippen molar-refractivity contribution in [3.63, 3.8) is 0 Å². The van der Waals surface area contributed by atoms with E-state index in [1.165, 1.54) is 0 Å². The molecular formula is C12H18N6O. The summed E-state index contributed by atoms with van der Waals surface area (Å²) in [7, 11) is 1.62. The van der Waals surface area contributed by atoms with Crippen LogP contribution in [0.5, 0.6) is 0 Å². The van der Waals surface area contributed by atoms with Crippen molar-refractivity contribution in [2.75, 3.05) is 19.0 Å². The molecule has 0 amide bonds. The molecule has 0 aliphatic heterocycles. The highest BCUT2D eigenvalue weighted by molar-refractivity contribution is 5.41. The molecule has 1 N–H and O–H groups in total. The molecule has 0 aliphatic rings. The largest absolute Gasteiger partial charge is 0.377 e. The van der Waals surface area contributed by atoms with Crippen LogP contribution in [-0.4, -0.2) is 38.4 Å². The second kappa shape index (κ2) is 5.75. The minimum absolute atomic E-state index is 0.360. The third kappa shape index (κ3) is 3.05. The number of methoxy groups -OCH3 is 1. The molecule has 2 rings (SSSR count). The van der Waals surface area contributed by atoms with Crippen molar-refractivity contribution in [3.8, 4) is 5.82 Å². The SMILES string of the molecule is CCNc1cc(-n2nc(C)nc2C)nc(COC)n1. The van der Waals surface area contributed by atoms with Crippen LogP contribution in [0.2, 0.25) is 0 Å². The normalized spacial score (nSPS) is 10.7. The zero-order valence-corrected chi connectivity index (χ0v) is 11.6. The summed E-state index contributed by atoms with van der Waals surface area (Å²) >= 11 is 0. The molecule has 0 saturated carbocycles. The maximum atomic E-state index is 5.09. The highest BCUT2D eigenvalue weighted by atomic mass is 16.5. The number of nitrogens with zero attached hydrogens (tertiary/aromatic N) is 5. The van der Waals surface area contributed by atoms with E-state index in [2.05, 4.69) is 25.4 Å². The third-order valence-corrected chi connectivity index (χ3v) is 2.48. The Kier molecular flexibility index (Phi) is 4.06. The molecule has 19 heavy (non-hydrogen) atoms. The summed E-state index contributed by atoms with van der Waals surface area (Å²) in [6, 6.07) is 1.85. The first-order valence-corrected chi connectivity index (χ1v) is 6.15. The molecule has 7 heteroatoms. The maximum absolute atomic E-state index is 5.09. The number of hydrogen-bond acceptors (Lipinski definition) is 6. The average Bonchev–Trinajstić information content (AvgIpc) is 2.69. The molecule has 0 atom stereocenters. The van der Waals surface area contributed by atoms with Crippen LogP contribution >= 0.6 is 0 Å². The van der Waals surface area contributed by atoms with Gasteiger partial charge in [-0.05, 0) is 20.8 Å². The zero-order chi connectivity index (χ0) is 13.8. The van der Waals surface area contributed by atoms with E-state index in [0.717, 1.165) is 24.0 Å². The average molecular weight is 262 g/mol. The molecule has 7 nitrogen and oxygen atoms in total. The second-order valence-electron chi connectivity index (χ2n) is 4.11. The molecule has 102 valence electrons. The summed E-state index contributed by atoms with van der Waals surface area (Å²) in [5.41, 5.74) is 0. The lowest BCUT2D eigenvalue weighted by Crippen LogP contribution is -2.10. The first kappa shape index (κ1) is 13.4. The standard InChI is InChI=1S/C12H18N6O/c1-5-13-10-6-12(16-11(15-10)7-19-4)18-9(3)14-8(2)17-18/h6H,5,7H2,1-4H3,(H,13,15,16). The summed E-state index contributed by atoms with van der Waals surface area (Å²) in [6.45, 7) is 6.91. The number of rotatable bonds is 5. The number of ether oxygens (including phenoxy) is 1. The topological polar surface area (TPSA) is 77.8 Å². The first-order valence-electron chi connectivity index (χ1n) is 6.15. The van der Waals surface area contributed by atoms with Gasteiger partial charge in [-0.25, -0.2) is 15.0 Å². The van der Waals surface area contributed by atoms with E-state index in [0.29, 0.717) is 18.2 Å². The van der Waals surface area contributed by atoms with Crippen molar-refractivity contribution in [2.45, 2.75) is 27.4 Å². The Morgan fingerprint density at radius 1 is 1.26 bits per heavy atom. The van der Waals surface area contributed by atoms with Crippen LogP contribution in [0, 0.1) is 13.8 Å². The molecule has 0 radical (unpaired) electrons. The molecule has 0 fully saturated rings. The number of nitrogens with one attached hydrogen (secondary N) is 1. The third-order valence-electron chi connectivity index (χ3n) is 2.48. The Labute approximate surface area is 112 Å². The quantitative estimate of drug-likeness (QED) is 0.873. The van der Waals surface area contributed by atoms with Gasteiger partial charge in [-0.2, -0.15) is 4.68 Å². The Hall–Kier alpha value is -2.02. The van der Waals surface area contributed by atoms with Crippen LogP contribution in [0.15, 0.2) is 6.07 Å². The maximum Gasteiger partial charge on any atom is 0.161 e. The second-order valence-corrected chi connectivity index (χ2v) is 4.11. The predicted molar refractivity (Wildman–Crippen MR) is 71.3 cm³/mol. The molecule has 0 unspecified atom stereocenters. The number of aromatic nitrogens is 5. The molecule has 2 aromatic rings. The Balaban J connectivity index is 2.46. The van der Waals surface area contributed by atoms with Gasteiger partial charge in [0.05, 0.1) is 0 Å². The highest BCUT2D eigenvalue weighted by Gasteiger charge is 2.10. The first-order chi connectivity index (χ1) is 9.13. The summed E-state index contributed by atoms with van der Waals surface area (Å²) in [5.74, 6) is 3.57. The monoisotopic (exact) mass is 262 g/mol. The summed E-state index contributed by atoms with van der Waals surface area (Å²) in [5, 5.41) is 7.50. The van der Waals surface area contributed by atoms with Crippen molar-refractivity contribution in [1.82, 2.24) is 24.7 Å². The van der Waals surface area contributed by atoms with E-state index < -0.39 is 0 Å². The number of hydrogen-bond donors (Lipinski definition) is 1. The van der Waals surface area contributed by atoms with Crippen LogP contribution in [0.4, 0.5) is 5.82 Å². The predicted octanol–water partition coefficient (Wildman–Crippen LogP) is 1.25. The Morgan fingerprint density at radius 2 is 2.05 bits per heavy atom. The van der Waals surface area contributed by atoms with Crippen LogP contribution in [-0.2, 0) is 11.3 Å².